The van der Waals surface area contributed by atoms with Crippen molar-refractivity contribution in [3.63, 3.8) is 0 Å². The molecule has 1 saturated carbocycles. The number of aromatic nitrogens is 3. The van der Waals surface area contributed by atoms with E-state index in [4.69, 9.17) is 15.1 Å². The Balaban J connectivity index is 1.99. The molecule has 1 aliphatic carbocycles. The smallest absolute Gasteiger partial charge is 0.296 e. The van der Waals surface area contributed by atoms with Crippen LogP contribution >= 0.6 is 10.7 Å². The van der Waals surface area contributed by atoms with Gasteiger partial charge < -0.3 is 4.42 Å². The summed E-state index contributed by atoms with van der Waals surface area (Å²) < 4.78 is 30.4. The molecule has 2 aromatic heterocycles. The van der Waals surface area contributed by atoms with E-state index in [0.717, 1.165) is 23.8 Å². The molecule has 0 unspecified atom stereocenters. The van der Waals surface area contributed by atoms with Gasteiger partial charge in [-0.3, -0.25) is 4.57 Å². The van der Waals surface area contributed by atoms with Crippen LogP contribution in [0.25, 0.3) is 22.4 Å². The van der Waals surface area contributed by atoms with Crippen molar-refractivity contribution >= 4 is 30.7 Å². The highest BCUT2D eigenvalue weighted by Crippen LogP contribution is 2.41. The van der Waals surface area contributed by atoms with Gasteiger partial charge in [0.05, 0.1) is 5.56 Å². The van der Waals surface area contributed by atoms with E-state index in [2.05, 4.69) is 10.2 Å². The van der Waals surface area contributed by atoms with Gasteiger partial charge in [0.1, 0.15) is 11.8 Å². The molecule has 0 atom stereocenters. The SMILES string of the molecule is O=S(=O)(Cl)c1nnc(-c2coc3ccccc23)n1C1CC1. The summed E-state index contributed by atoms with van der Waals surface area (Å²) in [5, 5.41) is 8.45. The molecule has 8 heteroatoms. The van der Waals surface area contributed by atoms with E-state index >= 15 is 0 Å². The number of halogens is 1. The molecular formula is C13H10ClN3O3S. The minimum atomic E-state index is -3.93. The summed E-state index contributed by atoms with van der Waals surface area (Å²) in [5.41, 5.74) is 1.43. The molecule has 0 aliphatic heterocycles. The second-order valence-corrected chi connectivity index (χ2v) is 7.45. The zero-order valence-electron chi connectivity index (χ0n) is 10.7. The van der Waals surface area contributed by atoms with Crippen molar-refractivity contribution in [2.75, 3.05) is 0 Å². The molecule has 0 radical (unpaired) electrons. The second-order valence-electron chi connectivity index (χ2n) is 4.99. The monoisotopic (exact) mass is 323 g/mol. The third-order valence-corrected chi connectivity index (χ3v) is 4.65. The van der Waals surface area contributed by atoms with Crippen molar-refractivity contribution in [1.29, 1.82) is 0 Å². The van der Waals surface area contributed by atoms with Gasteiger partial charge in [-0.25, -0.2) is 8.42 Å². The molecule has 1 fully saturated rings. The molecule has 2 heterocycles. The number of fused-ring (bicyclic) bond motifs is 1. The standard InChI is InChI=1S/C13H10ClN3O3S/c14-21(18,19)13-16-15-12(17(13)8-5-6-8)10-7-20-11-4-2-1-3-9(10)11/h1-4,7-8H,5-6H2. The average Bonchev–Trinajstić information content (AvgIpc) is 3.03. The second kappa shape index (κ2) is 4.32. The Morgan fingerprint density at radius 3 is 2.71 bits per heavy atom. The first kappa shape index (κ1) is 12.8. The van der Waals surface area contributed by atoms with Crippen LogP contribution in [-0.4, -0.2) is 23.2 Å². The maximum absolute atomic E-state index is 11.7. The fraction of sp³-hybridized carbons (Fsp3) is 0.231. The first-order valence-corrected chi connectivity index (χ1v) is 8.73. The summed E-state index contributed by atoms with van der Waals surface area (Å²) in [6, 6.07) is 7.58. The van der Waals surface area contributed by atoms with E-state index in [-0.39, 0.29) is 11.2 Å². The van der Waals surface area contributed by atoms with E-state index in [9.17, 15) is 8.42 Å². The molecule has 0 N–H and O–H groups in total. The van der Waals surface area contributed by atoms with Gasteiger partial charge in [0.15, 0.2) is 5.82 Å². The first-order chi connectivity index (χ1) is 10.1. The molecular weight excluding hydrogens is 314 g/mol. The maximum atomic E-state index is 11.7. The van der Waals surface area contributed by atoms with Crippen molar-refractivity contribution in [3.8, 4) is 11.4 Å². The summed E-state index contributed by atoms with van der Waals surface area (Å²) in [5.74, 6) is 0.474. The summed E-state index contributed by atoms with van der Waals surface area (Å²) >= 11 is 0. The number of para-hydroxylation sites is 1. The van der Waals surface area contributed by atoms with Crippen molar-refractivity contribution in [3.05, 3.63) is 30.5 Å². The normalized spacial score (nSPS) is 15.7. The summed E-state index contributed by atoms with van der Waals surface area (Å²) in [7, 11) is 1.52. The number of furan rings is 1. The van der Waals surface area contributed by atoms with Crippen LogP contribution in [0.2, 0.25) is 0 Å². The van der Waals surface area contributed by atoms with Crippen LogP contribution in [0, 0.1) is 0 Å². The van der Waals surface area contributed by atoms with E-state index in [1.807, 2.05) is 24.3 Å². The molecule has 3 aromatic rings. The van der Waals surface area contributed by atoms with Crippen molar-refractivity contribution in [1.82, 2.24) is 14.8 Å². The van der Waals surface area contributed by atoms with Crippen LogP contribution in [-0.2, 0) is 9.05 Å². The average molecular weight is 324 g/mol. The van der Waals surface area contributed by atoms with Crippen LogP contribution in [0.3, 0.4) is 0 Å². The zero-order valence-corrected chi connectivity index (χ0v) is 12.3. The number of nitrogens with zero attached hydrogens (tertiary/aromatic N) is 3. The Bertz CT molecular complexity index is 941. The van der Waals surface area contributed by atoms with Crippen LogP contribution in [0.5, 0.6) is 0 Å². The van der Waals surface area contributed by atoms with E-state index in [1.54, 1.807) is 10.8 Å². The first-order valence-electron chi connectivity index (χ1n) is 6.42. The fourth-order valence-electron chi connectivity index (χ4n) is 2.44. The number of rotatable bonds is 3. The van der Waals surface area contributed by atoms with Crippen LogP contribution in [0.15, 0.2) is 40.1 Å². The van der Waals surface area contributed by atoms with Crippen LogP contribution in [0.4, 0.5) is 0 Å². The van der Waals surface area contributed by atoms with Crippen LogP contribution in [0.1, 0.15) is 18.9 Å². The minimum absolute atomic E-state index is 0.0761. The Morgan fingerprint density at radius 1 is 1.24 bits per heavy atom. The largest absolute Gasteiger partial charge is 0.464 e. The van der Waals surface area contributed by atoms with Gasteiger partial charge in [-0.1, -0.05) is 18.2 Å². The predicted molar refractivity (Wildman–Crippen MR) is 76.5 cm³/mol. The van der Waals surface area contributed by atoms with Gasteiger partial charge in [-0.15, -0.1) is 10.2 Å². The third kappa shape index (κ3) is 2.04. The minimum Gasteiger partial charge on any atom is -0.464 e. The molecule has 108 valence electrons. The zero-order chi connectivity index (χ0) is 14.6. The Kier molecular flexibility index (Phi) is 2.64. The molecule has 0 spiro atoms. The van der Waals surface area contributed by atoms with Crippen molar-refractivity contribution < 1.29 is 12.8 Å². The third-order valence-electron chi connectivity index (χ3n) is 3.52. The Labute approximate surface area is 124 Å². The van der Waals surface area contributed by atoms with Crippen molar-refractivity contribution in [2.45, 2.75) is 24.0 Å². The van der Waals surface area contributed by atoms with Gasteiger partial charge in [-0.05, 0) is 18.9 Å². The van der Waals surface area contributed by atoms with E-state index < -0.39 is 9.05 Å². The van der Waals surface area contributed by atoms with Gasteiger partial charge in [0.2, 0.25) is 0 Å². The lowest BCUT2D eigenvalue weighted by Crippen LogP contribution is -2.06. The molecule has 0 bridgehead atoms. The lowest BCUT2D eigenvalue weighted by atomic mass is 10.1. The molecule has 4 rings (SSSR count). The molecule has 0 saturated heterocycles. The molecule has 0 amide bonds. The van der Waals surface area contributed by atoms with Gasteiger partial charge >= 0.3 is 0 Å². The molecule has 1 aliphatic rings. The van der Waals surface area contributed by atoms with Crippen molar-refractivity contribution in [2.24, 2.45) is 0 Å². The number of hydrogen-bond acceptors (Lipinski definition) is 5. The van der Waals surface area contributed by atoms with E-state index in [1.165, 1.54) is 0 Å². The molecule has 21 heavy (non-hydrogen) atoms. The topological polar surface area (TPSA) is 78.0 Å². The summed E-state index contributed by atoms with van der Waals surface area (Å²) in [4.78, 5) is 0. The highest BCUT2D eigenvalue weighted by atomic mass is 35.7. The van der Waals surface area contributed by atoms with Gasteiger partial charge in [0.25, 0.3) is 14.2 Å². The van der Waals surface area contributed by atoms with Gasteiger partial charge in [0, 0.05) is 22.1 Å². The highest BCUT2D eigenvalue weighted by molar-refractivity contribution is 8.13. The lowest BCUT2D eigenvalue weighted by molar-refractivity contribution is 0.578. The van der Waals surface area contributed by atoms with Crippen LogP contribution < -0.4 is 0 Å². The highest BCUT2D eigenvalue weighted by Gasteiger charge is 2.34. The molecule has 6 nitrogen and oxygen atoms in total. The van der Waals surface area contributed by atoms with Gasteiger partial charge in [-0.2, -0.15) is 0 Å². The number of hydrogen-bond donors (Lipinski definition) is 0. The number of benzene rings is 1. The Hall–Kier alpha value is -1.86. The van der Waals surface area contributed by atoms with E-state index in [0.29, 0.717) is 11.4 Å². The maximum Gasteiger partial charge on any atom is 0.296 e. The summed E-state index contributed by atoms with van der Waals surface area (Å²) in [6.45, 7) is 0. The Morgan fingerprint density at radius 2 is 2.00 bits per heavy atom. The summed E-state index contributed by atoms with van der Waals surface area (Å²) in [6.07, 6.45) is 3.35. The fourth-order valence-corrected chi connectivity index (χ4v) is 3.36. The predicted octanol–water partition coefficient (Wildman–Crippen LogP) is 2.95. The lowest BCUT2D eigenvalue weighted by Gasteiger charge is -2.05. The molecule has 1 aromatic carbocycles. The quantitative estimate of drug-likeness (QED) is 0.692.